The molecule has 0 fully saturated rings. The van der Waals surface area contributed by atoms with E-state index in [1.54, 1.807) is 29.6 Å². The van der Waals surface area contributed by atoms with Gasteiger partial charge in [-0.3, -0.25) is 0 Å². The van der Waals surface area contributed by atoms with Crippen LogP contribution in [0.4, 0.5) is 0 Å². The Bertz CT molecular complexity index is 448. The molecule has 0 spiro atoms. The summed E-state index contributed by atoms with van der Waals surface area (Å²) in [6.45, 7) is 3.73. The molecule has 5 heteroatoms. The highest BCUT2D eigenvalue weighted by molar-refractivity contribution is 7.10. The van der Waals surface area contributed by atoms with Crippen molar-refractivity contribution in [3.63, 3.8) is 0 Å². The molecule has 0 amide bonds. The Morgan fingerprint density at radius 3 is 2.67 bits per heavy atom. The number of aryl methyl sites for hydroxylation is 1. The van der Waals surface area contributed by atoms with Gasteiger partial charge in [0.2, 0.25) is 0 Å². The molecule has 2 rings (SSSR count). The Morgan fingerprint density at radius 2 is 2.13 bits per heavy atom. The molecule has 0 aliphatic rings. The summed E-state index contributed by atoms with van der Waals surface area (Å²) >= 11 is 3.23. The summed E-state index contributed by atoms with van der Waals surface area (Å²) in [6.07, 6.45) is 0.286. The van der Waals surface area contributed by atoms with Crippen LogP contribution in [0, 0.1) is 6.92 Å². The Hall–Kier alpha value is -0.780. The second-order valence-electron chi connectivity index (χ2n) is 3.38. The monoisotopic (exact) mass is 240 g/mol. The molecule has 2 aromatic rings. The Labute approximate surface area is 96.5 Å². The lowest BCUT2D eigenvalue weighted by Gasteiger charge is -1.96. The molecule has 1 atom stereocenters. The molecular weight excluding hydrogens is 228 g/mol. The van der Waals surface area contributed by atoms with Crippen molar-refractivity contribution in [2.24, 2.45) is 0 Å². The summed E-state index contributed by atoms with van der Waals surface area (Å²) in [5.74, 6) is 0. The van der Waals surface area contributed by atoms with E-state index in [0.29, 0.717) is 0 Å². The van der Waals surface area contributed by atoms with Gasteiger partial charge in [0.05, 0.1) is 27.5 Å². The largest absolute Gasteiger partial charge is 0.387 e. The van der Waals surface area contributed by atoms with Crippen molar-refractivity contribution < 1.29 is 5.11 Å². The average Bonchev–Trinajstić information content (AvgIpc) is 2.76. The van der Waals surface area contributed by atoms with Gasteiger partial charge in [-0.1, -0.05) is 0 Å². The SMILES string of the molecule is Cc1nc(Cc2nc(C(C)O)cs2)cs1. The maximum atomic E-state index is 9.34. The third-order valence-electron chi connectivity index (χ3n) is 2.00. The third-order valence-corrected chi connectivity index (χ3v) is 3.69. The van der Waals surface area contributed by atoms with E-state index in [1.165, 1.54) is 0 Å². The fourth-order valence-corrected chi connectivity index (χ4v) is 2.75. The summed E-state index contributed by atoms with van der Waals surface area (Å²) < 4.78 is 0. The van der Waals surface area contributed by atoms with Crippen LogP contribution in [0.15, 0.2) is 10.8 Å². The number of aliphatic hydroxyl groups excluding tert-OH is 1. The van der Waals surface area contributed by atoms with Gasteiger partial charge in [-0.05, 0) is 13.8 Å². The average molecular weight is 240 g/mol. The van der Waals surface area contributed by atoms with Gasteiger partial charge in [-0.25, -0.2) is 9.97 Å². The number of thiazole rings is 2. The highest BCUT2D eigenvalue weighted by Gasteiger charge is 2.08. The van der Waals surface area contributed by atoms with Crippen molar-refractivity contribution in [3.8, 4) is 0 Å². The lowest BCUT2D eigenvalue weighted by Crippen LogP contribution is -1.93. The molecule has 3 nitrogen and oxygen atoms in total. The summed E-state index contributed by atoms with van der Waals surface area (Å²) in [6, 6.07) is 0. The first-order valence-corrected chi connectivity index (χ1v) is 6.44. The van der Waals surface area contributed by atoms with Gasteiger partial charge in [0.25, 0.3) is 0 Å². The zero-order chi connectivity index (χ0) is 10.8. The number of hydrogen-bond donors (Lipinski definition) is 1. The predicted octanol–water partition coefficient (Wildman–Crippen LogP) is 2.55. The second kappa shape index (κ2) is 4.38. The van der Waals surface area contributed by atoms with Gasteiger partial charge in [0, 0.05) is 17.2 Å². The lowest BCUT2D eigenvalue weighted by atomic mass is 10.3. The van der Waals surface area contributed by atoms with Crippen LogP contribution in [-0.4, -0.2) is 15.1 Å². The van der Waals surface area contributed by atoms with Gasteiger partial charge in [-0.2, -0.15) is 0 Å². The van der Waals surface area contributed by atoms with Gasteiger partial charge in [-0.15, -0.1) is 22.7 Å². The highest BCUT2D eigenvalue weighted by Crippen LogP contribution is 2.19. The Morgan fingerprint density at radius 1 is 1.33 bits per heavy atom. The molecule has 0 aliphatic carbocycles. The van der Waals surface area contributed by atoms with Crippen molar-refractivity contribution in [2.75, 3.05) is 0 Å². The van der Waals surface area contributed by atoms with Gasteiger partial charge in [0.15, 0.2) is 0 Å². The molecule has 1 N–H and O–H groups in total. The molecule has 2 heterocycles. The van der Waals surface area contributed by atoms with E-state index in [-0.39, 0.29) is 0 Å². The number of hydrogen-bond acceptors (Lipinski definition) is 5. The first-order valence-electron chi connectivity index (χ1n) is 4.68. The summed E-state index contributed by atoms with van der Waals surface area (Å²) in [5.41, 5.74) is 1.81. The van der Waals surface area contributed by atoms with E-state index in [0.717, 1.165) is 27.8 Å². The molecule has 1 unspecified atom stereocenters. The Kier molecular flexibility index (Phi) is 3.14. The van der Waals surface area contributed by atoms with Crippen molar-refractivity contribution in [1.29, 1.82) is 0 Å². The quantitative estimate of drug-likeness (QED) is 0.896. The third kappa shape index (κ3) is 2.62. The molecule has 15 heavy (non-hydrogen) atoms. The fraction of sp³-hybridized carbons (Fsp3) is 0.400. The molecule has 2 aromatic heterocycles. The maximum absolute atomic E-state index is 9.34. The van der Waals surface area contributed by atoms with Crippen molar-refractivity contribution in [3.05, 3.63) is 32.2 Å². The van der Waals surface area contributed by atoms with E-state index in [4.69, 9.17) is 0 Å². The van der Waals surface area contributed by atoms with Crippen LogP contribution in [0.1, 0.15) is 34.4 Å². The fourth-order valence-electron chi connectivity index (χ4n) is 1.24. The van der Waals surface area contributed by atoms with Crippen LogP contribution in [0.25, 0.3) is 0 Å². The van der Waals surface area contributed by atoms with E-state index >= 15 is 0 Å². The zero-order valence-electron chi connectivity index (χ0n) is 8.60. The molecule has 0 aliphatic heterocycles. The minimum Gasteiger partial charge on any atom is -0.387 e. The maximum Gasteiger partial charge on any atom is 0.0989 e. The number of aliphatic hydroxyl groups is 1. The summed E-state index contributed by atoms with van der Waals surface area (Å²) in [4.78, 5) is 8.73. The standard InChI is InChI=1S/C10H12N2OS2/c1-6(13)9-5-15-10(12-9)3-8-4-14-7(2)11-8/h4-6,13H,3H2,1-2H3. The topological polar surface area (TPSA) is 46.0 Å². The lowest BCUT2D eigenvalue weighted by molar-refractivity contribution is 0.195. The number of nitrogens with zero attached hydrogens (tertiary/aromatic N) is 2. The van der Waals surface area contributed by atoms with Gasteiger partial charge >= 0.3 is 0 Å². The first kappa shape index (κ1) is 10.7. The minimum absolute atomic E-state index is 0.479. The summed E-state index contributed by atoms with van der Waals surface area (Å²) in [7, 11) is 0. The van der Waals surface area contributed by atoms with Gasteiger partial charge in [0.1, 0.15) is 0 Å². The molecule has 0 bridgehead atoms. The predicted molar refractivity (Wildman–Crippen MR) is 62.4 cm³/mol. The second-order valence-corrected chi connectivity index (χ2v) is 5.38. The summed E-state index contributed by atoms with van der Waals surface area (Å²) in [5, 5.41) is 15.4. The minimum atomic E-state index is -0.479. The normalized spacial score (nSPS) is 13.0. The van der Waals surface area contributed by atoms with Crippen LogP contribution in [0.5, 0.6) is 0 Å². The highest BCUT2D eigenvalue weighted by atomic mass is 32.1. The molecule has 0 aromatic carbocycles. The number of rotatable bonds is 3. The number of aromatic nitrogens is 2. The van der Waals surface area contributed by atoms with Crippen LogP contribution in [-0.2, 0) is 6.42 Å². The zero-order valence-corrected chi connectivity index (χ0v) is 10.2. The molecule has 0 saturated heterocycles. The molecule has 80 valence electrons. The van der Waals surface area contributed by atoms with Gasteiger partial charge < -0.3 is 5.11 Å². The van der Waals surface area contributed by atoms with Crippen LogP contribution >= 0.6 is 22.7 Å². The van der Waals surface area contributed by atoms with Crippen molar-refractivity contribution >= 4 is 22.7 Å². The van der Waals surface area contributed by atoms with E-state index in [2.05, 4.69) is 15.3 Å². The van der Waals surface area contributed by atoms with E-state index < -0.39 is 6.10 Å². The van der Waals surface area contributed by atoms with Crippen molar-refractivity contribution in [1.82, 2.24) is 9.97 Å². The van der Waals surface area contributed by atoms with Crippen LogP contribution in [0.2, 0.25) is 0 Å². The van der Waals surface area contributed by atoms with Crippen molar-refractivity contribution in [2.45, 2.75) is 26.4 Å². The Balaban J connectivity index is 2.11. The van der Waals surface area contributed by atoms with E-state index in [9.17, 15) is 5.11 Å². The molecule has 0 radical (unpaired) electrons. The smallest absolute Gasteiger partial charge is 0.0989 e. The molecular formula is C10H12N2OS2. The van der Waals surface area contributed by atoms with Crippen LogP contribution in [0.3, 0.4) is 0 Å². The van der Waals surface area contributed by atoms with Crippen LogP contribution < -0.4 is 0 Å². The van der Waals surface area contributed by atoms with E-state index in [1.807, 2.05) is 12.3 Å². The molecule has 0 saturated carbocycles. The first-order chi connectivity index (χ1) is 7.15.